The molecule has 0 fully saturated rings. The molecule has 1 aromatic heterocycles. The quantitative estimate of drug-likeness (QED) is 0.362. The topological polar surface area (TPSA) is 108 Å². The molecule has 1 aromatic rings. The Balaban J connectivity index is 2.56. The number of thiazole rings is 1. The van der Waals surface area contributed by atoms with E-state index < -0.39 is 0 Å². The lowest BCUT2D eigenvalue weighted by Gasteiger charge is -2.16. The highest BCUT2D eigenvalue weighted by Gasteiger charge is 2.15. The van der Waals surface area contributed by atoms with E-state index in [9.17, 15) is 0 Å². The Labute approximate surface area is 114 Å². The SMILES string of the molecule is COC(=N)CCSC(NC(=N)N)c1csc(C)n1. The molecule has 1 heterocycles. The molecule has 0 aliphatic carbocycles. The Kier molecular flexibility index (Phi) is 5.93. The third-order valence-electron chi connectivity index (χ3n) is 2.05. The predicted octanol–water partition coefficient (Wildman–Crippen LogP) is 1.68. The molecule has 0 aliphatic heterocycles. The molecule has 0 radical (unpaired) electrons. The molecular formula is C10H17N5OS2. The van der Waals surface area contributed by atoms with Crippen LogP contribution in [-0.4, -0.2) is 29.7 Å². The van der Waals surface area contributed by atoms with Crippen molar-refractivity contribution in [3.05, 3.63) is 16.1 Å². The number of nitrogens with two attached hydrogens (primary N) is 1. The summed E-state index contributed by atoms with van der Waals surface area (Å²) in [5, 5.41) is 20.3. The first kappa shape index (κ1) is 14.8. The summed E-state index contributed by atoms with van der Waals surface area (Å²) in [5.41, 5.74) is 6.23. The molecule has 100 valence electrons. The number of nitrogens with one attached hydrogen (secondary N) is 3. The van der Waals surface area contributed by atoms with Crippen molar-refractivity contribution in [2.75, 3.05) is 12.9 Å². The Morgan fingerprint density at radius 2 is 2.39 bits per heavy atom. The summed E-state index contributed by atoms with van der Waals surface area (Å²) in [5.74, 6) is 0.868. The number of rotatable bonds is 6. The van der Waals surface area contributed by atoms with Gasteiger partial charge in [0.2, 0.25) is 0 Å². The molecule has 8 heteroatoms. The van der Waals surface area contributed by atoms with Gasteiger partial charge in [-0.3, -0.25) is 10.8 Å². The summed E-state index contributed by atoms with van der Waals surface area (Å²) in [6.07, 6.45) is 0.542. The summed E-state index contributed by atoms with van der Waals surface area (Å²) in [4.78, 5) is 4.38. The van der Waals surface area contributed by atoms with Gasteiger partial charge in [0.15, 0.2) is 11.9 Å². The van der Waals surface area contributed by atoms with Crippen LogP contribution >= 0.6 is 23.1 Å². The zero-order valence-electron chi connectivity index (χ0n) is 10.3. The third kappa shape index (κ3) is 4.92. The third-order valence-corrected chi connectivity index (χ3v) is 3.98. The average Bonchev–Trinajstić information content (AvgIpc) is 2.73. The summed E-state index contributed by atoms with van der Waals surface area (Å²) in [6, 6.07) is 0. The molecule has 0 saturated heterocycles. The molecule has 0 bridgehead atoms. The summed E-state index contributed by atoms with van der Waals surface area (Å²) >= 11 is 3.11. The number of methoxy groups -OCH3 is 1. The van der Waals surface area contributed by atoms with E-state index >= 15 is 0 Å². The molecule has 0 amide bonds. The van der Waals surface area contributed by atoms with Crippen molar-refractivity contribution in [3.8, 4) is 0 Å². The molecule has 1 unspecified atom stereocenters. The number of thioether (sulfide) groups is 1. The van der Waals surface area contributed by atoms with Crippen LogP contribution in [0.4, 0.5) is 0 Å². The van der Waals surface area contributed by atoms with Gasteiger partial charge in [0, 0.05) is 17.6 Å². The average molecular weight is 287 g/mol. The van der Waals surface area contributed by atoms with Crippen molar-refractivity contribution in [1.82, 2.24) is 10.3 Å². The van der Waals surface area contributed by atoms with Crippen LogP contribution in [0.25, 0.3) is 0 Å². The first-order valence-corrected chi connectivity index (χ1v) is 7.21. The minimum atomic E-state index is -0.155. The van der Waals surface area contributed by atoms with E-state index in [1.807, 2.05) is 12.3 Å². The molecular weight excluding hydrogens is 270 g/mol. The smallest absolute Gasteiger partial charge is 0.186 e. The van der Waals surface area contributed by atoms with E-state index in [-0.39, 0.29) is 17.2 Å². The number of aromatic nitrogens is 1. The maximum atomic E-state index is 7.40. The van der Waals surface area contributed by atoms with Crippen LogP contribution in [0.5, 0.6) is 0 Å². The Morgan fingerprint density at radius 1 is 1.67 bits per heavy atom. The van der Waals surface area contributed by atoms with Crippen LogP contribution in [0.3, 0.4) is 0 Å². The fraction of sp³-hybridized carbons (Fsp3) is 0.500. The normalized spacial score (nSPS) is 11.9. The van der Waals surface area contributed by atoms with Crippen LogP contribution in [0.2, 0.25) is 0 Å². The Hall–Kier alpha value is -1.28. The van der Waals surface area contributed by atoms with Crippen molar-refractivity contribution < 1.29 is 4.74 Å². The van der Waals surface area contributed by atoms with Crippen LogP contribution in [0, 0.1) is 17.7 Å². The first-order valence-electron chi connectivity index (χ1n) is 5.28. The second kappa shape index (κ2) is 7.22. The highest BCUT2D eigenvalue weighted by atomic mass is 32.2. The largest absolute Gasteiger partial charge is 0.484 e. The number of nitrogens with zero attached hydrogens (tertiary/aromatic N) is 1. The lowest BCUT2D eigenvalue weighted by Crippen LogP contribution is -2.33. The molecule has 1 atom stereocenters. The van der Waals surface area contributed by atoms with Gasteiger partial charge in [-0.15, -0.1) is 23.1 Å². The Morgan fingerprint density at radius 3 is 2.89 bits per heavy atom. The zero-order chi connectivity index (χ0) is 13.5. The van der Waals surface area contributed by atoms with Gasteiger partial charge in [-0.1, -0.05) is 0 Å². The van der Waals surface area contributed by atoms with E-state index in [2.05, 4.69) is 10.3 Å². The number of aryl methyl sites for hydroxylation is 1. The molecule has 0 aliphatic rings. The summed E-state index contributed by atoms with van der Waals surface area (Å²) in [6.45, 7) is 1.93. The van der Waals surface area contributed by atoms with Crippen molar-refractivity contribution in [3.63, 3.8) is 0 Å². The summed E-state index contributed by atoms with van der Waals surface area (Å²) in [7, 11) is 1.49. The highest BCUT2D eigenvalue weighted by molar-refractivity contribution is 7.99. The van der Waals surface area contributed by atoms with Crippen molar-refractivity contribution in [2.24, 2.45) is 5.73 Å². The molecule has 0 aromatic carbocycles. The molecule has 5 N–H and O–H groups in total. The highest BCUT2D eigenvalue weighted by Crippen LogP contribution is 2.27. The fourth-order valence-corrected chi connectivity index (χ4v) is 2.98. The van der Waals surface area contributed by atoms with Gasteiger partial charge in [0.25, 0.3) is 0 Å². The number of hydrogen-bond acceptors (Lipinski definition) is 6. The predicted molar refractivity (Wildman–Crippen MR) is 76.5 cm³/mol. The fourth-order valence-electron chi connectivity index (χ4n) is 1.21. The Bertz CT molecular complexity index is 420. The van der Waals surface area contributed by atoms with E-state index in [0.29, 0.717) is 12.2 Å². The van der Waals surface area contributed by atoms with E-state index in [0.717, 1.165) is 10.7 Å². The minimum Gasteiger partial charge on any atom is -0.484 e. The number of ether oxygens (including phenoxy) is 1. The van der Waals surface area contributed by atoms with Gasteiger partial charge in [-0.25, -0.2) is 4.98 Å². The summed E-state index contributed by atoms with van der Waals surface area (Å²) < 4.78 is 4.79. The first-order chi connectivity index (χ1) is 8.52. The second-order valence-electron chi connectivity index (χ2n) is 3.48. The van der Waals surface area contributed by atoms with Crippen LogP contribution in [0.1, 0.15) is 22.5 Å². The number of hydrogen-bond donors (Lipinski definition) is 4. The van der Waals surface area contributed by atoms with Gasteiger partial charge in [0.1, 0.15) is 5.37 Å². The maximum absolute atomic E-state index is 7.40. The molecule has 0 spiro atoms. The minimum absolute atomic E-state index is 0.0834. The van der Waals surface area contributed by atoms with E-state index in [1.54, 1.807) is 23.1 Å². The molecule has 6 nitrogen and oxygen atoms in total. The molecule has 18 heavy (non-hydrogen) atoms. The molecule has 0 saturated carbocycles. The van der Waals surface area contributed by atoms with Gasteiger partial charge >= 0.3 is 0 Å². The van der Waals surface area contributed by atoms with Crippen LogP contribution < -0.4 is 11.1 Å². The van der Waals surface area contributed by atoms with Gasteiger partial charge in [-0.05, 0) is 6.92 Å². The van der Waals surface area contributed by atoms with Crippen molar-refractivity contribution in [1.29, 1.82) is 10.8 Å². The lowest BCUT2D eigenvalue weighted by molar-refractivity contribution is 0.389. The van der Waals surface area contributed by atoms with E-state index in [1.165, 1.54) is 7.11 Å². The van der Waals surface area contributed by atoms with E-state index in [4.69, 9.17) is 21.3 Å². The van der Waals surface area contributed by atoms with Crippen molar-refractivity contribution >= 4 is 35.0 Å². The van der Waals surface area contributed by atoms with Crippen LogP contribution in [0.15, 0.2) is 5.38 Å². The lowest BCUT2D eigenvalue weighted by atomic mass is 10.5. The molecule has 1 rings (SSSR count). The monoisotopic (exact) mass is 287 g/mol. The van der Waals surface area contributed by atoms with Gasteiger partial charge in [-0.2, -0.15) is 0 Å². The van der Waals surface area contributed by atoms with Crippen molar-refractivity contribution in [2.45, 2.75) is 18.7 Å². The standard InChI is InChI=1S/C10H17N5OS2/c1-6-14-7(5-18-6)9(15-10(12)13)17-4-3-8(11)16-2/h5,9,11H,3-4H2,1-2H3,(H4,12,13,15). The number of guanidine groups is 1. The van der Waals surface area contributed by atoms with Gasteiger partial charge in [0.05, 0.1) is 17.8 Å². The maximum Gasteiger partial charge on any atom is 0.186 e. The zero-order valence-corrected chi connectivity index (χ0v) is 12.0. The van der Waals surface area contributed by atoms with Gasteiger partial charge < -0.3 is 15.8 Å². The van der Waals surface area contributed by atoms with Crippen LogP contribution in [-0.2, 0) is 4.74 Å². The second-order valence-corrected chi connectivity index (χ2v) is 5.75.